The molecule has 0 aliphatic heterocycles. The average Bonchev–Trinajstić information content (AvgIpc) is 2.10. The van der Waals surface area contributed by atoms with Crippen molar-refractivity contribution < 1.29 is 4.79 Å². The minimum atomic E-state index is 0.137. The molecule has 0 saturated carbocycles. The van der Waals surface area contributed by atoms with E-state index in [1.807, 2.05) is 32.0 Å². The number of Topliss-reactive ketones (excluding diaryl/α,β-unsaturated/α-hetero) is 1. The summed E-state index contributed by atoms with van der Waals surface area (Å²) in [5, 5.41) is 0. The molecular formula is C12H14O. The third-order valence-electron chi connectivity index (χ3n) is 2.16. The molecule has 0 spiro atoms. The van der Waals surface area contributed by atoms with Gasteiger partial charge in [-0.25, -0.2) is 0 Å². The van der Waals surface area contributed by atoms with E-state index in [4.69, 9.17) is 0 Å². The quantitative estimate of drug-likeness (QED) is 0.508. The van der Waals surface area contributed by atoms with Gasteiger partial charge in [0.1, 0.15) is 0 Å². The lowest BCUT2D eigenvalue weighted by atomic mass is 10.0. The van der Waals surface area contributed by atoms with E-state index in [1.165, 1.54) is 5.56 Å². The van der Waals surface area contributed by atoms with Crippen LogP contribution < -0.4 is 0 Å². The second kappa shape index (κ2) is 4.04. The van der Waals surface area contributed by atoms with E-state index in [1.54, 1.807) is 6.08 Å². The number of rotatable bonds is 3. The zero-order valence-corrected chi connectivity index (χ0v) is 8.13. The van der Waals surface area contributed by atoms with Crippen molar-refractivity contribution in [3.63, 3.8) is 0 Å². The van der Waals surface area contributed by atoms with E-state index in [9.17, 15) is 4.79 Å². The molecule has 1 aromatic rings. The molecule has 0 saturated heterocycles. The van der Waals surface area contributed by atoms with Crippen molar-refractivity contribution in [3.05, 3.63) is 47.5 Å². The van der Waals surface area contributed by atoms with Gasteiger partial charge < -0.3 is 0 Å². The molecule has 0 heterocycles. The van der Waals surface area contributed by atoms with Crippen LogP contribution in [-0.4, -0.2) is 5.78 Å². The Morgan fingerprint density at radius 1 is 1.38 bits per heavy atom. The highest BCUT2D eigenvalue weighted by Gasteiger charge is 2.03. The third-order valence-corrected chi connectivity index (χ3v) is 2.16. The van der Waals surface area contributed by atoms with Crippen LogP contribution in [0, 0.1) is 13.8 Å². The van der Waals surface area contributed by atoms with Gasteiger partial charge in [-0.1, -0.05) is 18.2 Å². The molecule has 1 nitrogen and oxygen atoms in total. The van der Waals surface area contributed by atoms with Crippen LogP contribution in [-0.2, 0) is 0 Å². The van der Waals surface area contributed by atoms with E-state index in [2.05, 4.69) is 6.58 Å². The highest BCUT2D eigenvalue weighted by molar-refractivity contribution is 5.97. The zero-order valence-electron chi connectivity index (χ0n) is 8.13. The van der Waals surface area contributed by atoms with Gasteiger partial charge >= 0.3 is 0 Å². The number of hydrogen-bond acceptors (Lipinski definition) is 1. The Kier molecular flexibility index (Phi) is 3.02. The van der Waals surface area contributed by atoms with Gasteiger partial charge in [0.25, 0.3) is 0 Å². The Balaban J connectivity index is 2.96. The lowest BCUT2D eigenvalue weighted by Gasteiger charge is -2.02. The molecule has 0 atom stereocenters. The van der Waals surface area contributed by atoms with Crippen molar-refractivity contribution in [2.75, 3.05) is 0 Å². The number of carbonyl (C=O) groups is 1. The van der Waals surface area contributed by atoms with Crippen molar-refractivity contribution >= 4 is 5.78 Å². The first-order valence-corrected chi connectivity index (χ1v) is 4.36. The van der Waals surface area contributed by atoms with Gasteiger partial charge in [0.2, 0.25) is 0 Å². The number of aryl methyl sites for hydroxylation is 2. The minimum Gasteiger partial charge on any atom is -0.294 e. The predicted molar refractivity (Wildman–Crippen MR) is 55.1 cm³/mol. The summed E-state index contributed by atoms with van der Waals surface area (Å²) in [6.45, 7) is 7.60. The van der Waals surface area contributed by atoms with Crippen molar-refractivity contribution in [3.8, 4) is 0 Å². The average molecular weight is 174 g/mol. The highest BCUT2D eigenvalue weighted by atomic mass is 16.1. The number of ketones is 1. The van der Waals surface area contributed by atoms with Crippen LogP contribution >= 0.6 is 0 Å². The molecule has 68 valence electrons. The number of allylic oxidation sites excluding steroid dienone is 1. The first kappa shape index (κ1) is 9.72. The molecular weight excluding hydrogens is 160 g/mol. The molecule has 0 aliphatic carbocycles. The van der Waals surface area contributed by atoms with Crippen LogP contribution in [0.4, 0.5) is 0 Å². The topological polar surface area (TPSA) is 17.1 Å². The largest absolute Gasteiger partial charge is 0.294 e. The summed E-state index contributed by atoms with van der Waals surface area (Å²) in [5.74, 6) is 0.137. The van der Waals surface area contributed by atoms with Gasteiger partial charge in [0.05, 0.1) is 0 Å². The van der Waals surface area contributed by atoms with Gasteiger partial charge in [0.15, 0.2) is 5.78 Å². The summed E-state index contributed by atoms with van der Waals surface area (Å²) in [5.41, 5.74) is 3.16. The Morgan fingerprint density at radius 3 is 2.62 bits per heavy atom. The highest BCUT2D eigenvalue weighted by Crippen LogP contribution is 2.11. The summed E-state index contributed by atoms with van der Waals surface area (Å²) in [6.07, 6.45) is 2.06. The second-order valence-corrected chi connectivity index (χ2v) is 3.22. The van der Waals surface area contributed by atoms with Gasteiger partial charge in [0, 0.05) is 12.0 Å². The molecule has 0 aromatic heterocycles. The van der Waals surface area contributed by atoms with Gasteiger partial charge in [-0.2, -0.15) is 0 Å². The van der Waals surface area contributed by atoms with E-state index < -0.39 is 0 Å². The molecule has 0 radical (unpaired) electrons. The van der Waals surface area contributed by atoms with Crippen molar-refractivity contribution in [1.29, 1.82) is 0 Å². The molecule has 0 amide bonds. The number of carbonyl (C=O) groups excluding carboxylic acids is 1. The van der Waals surface area contributed by atoms with E-state index in [0.717, 1.165) is 11.1 Å². The zero-order chi connectivity index (χ0) is 9.84. The number of benzene rings is 1. The van der Waals surface area contributed by atoms with E-state index >= 15 is 0 Å². The number of hydrogen-bond donors (Lipinski definition) is 0. The molecule has 0 unspecified atom stereocenters. The smallest absolute Gasteiger partial charge is 0.166 e. The first-order chi connectivity index (χ1) is 6.15. The fraction of sp³-hybridized carbons (Fsp3) is 0.250. The van der Waals surface area contributed by atoms with Crippen molar-refractivity contribution in [2.24, 2.45) is 0 Å². The molecule has 0 aliphatic rings. The van der Waals surface area contributed by atoms with Crippen LogP contribution in [0.3, 0.4) is 0 Å². The van der Waals surface area contributed by atoms with E-state index in [-0.39, 0.29) is 5.78 Å². The monoisotopic (exact) mass is 174 g/mol. The Hall–Kier alpha value is -1.37. The first-order valence-electron chi connectivity index (χ1n) is 4.36. The van der Waals surface area contributed by atoms with Crippen LogP contribution in [0.15, 0.2) is 30.9 Å². The standard InChI is InChI=1S/C12H14O/c1-4-5-12(13)11-7-6-9(2)10(3)8-11/h4,6-8H,1,5H2,2-3H3. The summed E-state index contributed by atoms with van der Waals surface area (Å²) in [4.78, 5) is 11.4. The normalized spacial score (nSPS) is 9.69. The summed E-state index contributed by atoms with van der Waals surface area (Å²) >= 11 is 0. The fourth-order valence-electron chi connectivity index (χ4n) is 1.16. The summed E-state index contributed by atoms with van der Waals surface area (Å²) in [6, 6.07) is 5.78. The Bertz CT molecular complexity index is 337. The third kappa shape index (κ3) is 2.28. The molecule has 13 heavy (non-hydrogen) atoms. The molecule has 0 fully saturated rings. The van der Waals surface area contributed by atoms with Crippen LogP contribution in [0.1, 0.15) is 27.9 Å². The Morgan fingerprint density at radius 2 is 2.08 bits per heavy atom. The summed E-state index contributed by atoms with van der Waals surface area (Å²) in [7, 11) is 0. The van der Waals surface area contributed by atoms with Crippen molar-refractivity contribution in [2.45, 2.75) is 20.3 Å². The van der Waals surface area contributed by atoms with Crippen LogP contribution in [0.5, 0.6) is 0 Å². The minimum absolute atomic E-state index is 0.137. The van der Waals surface area contributed by atoms with Gasteiger partial charge in [-0.15, -0.1) is 6.58 Å². The molecule has 1 heteroatoms. The van der Waals surface area contributed by atoms with Crippen LogP contribution in [0.2, 0.25) is 0 Å². The lowest BCUT2D eigenvalue weighted by Crippen LogP contribution is -1.97. The lowest BCUT2D eigenvalue weighted by molar-refractivity contribution is 0.0996. The maximum absolute atomic E-state index is 11.4. The molecule has 0 N–H and O–H groups in total. The molecule has 1 rings (SSSR count). The molecule has 1 aromatic carbocycles. The van der Waals surface area contributed by atoms with Crippen molar-refractivity contribution in [1.82, 2.24) is 0 Å². The van der Waals surface area contributed by atoms with Gasteiger partial charge in [-0.05, 0) is 31.0 Å². The maximum Gasteiger partial charge on any atom is 0.166 e. The SMILES string of the molecule is C=CCC(=O)c1ccc(C)c(C)c1. The molecule has 0 bridgehead atoms. The van der Waals surface area contributed by atoms with E-state index in [0.29, 0.717) is 6.42 Å². The van der Waals surface area contributed by atoms with Crippen LogP contribution in [0.25, 0.3) is 0 Å². The second-order valence-electron chi connectivity index (χ2n) is 3.22. The Labute approximate surface area is 79.1 Å². The fourth-order valence-corrected chi connectivity index (χ4v) is 1.16. The summed E-state index contributed by atoms with van der Waals surface area (Å²) < 4.78 is 0. The predicted octanol–water partition coefficient (Wildman–Crippen LogP) is 3.06. The van der Waals surface area contributed by atoms with Gasteiger partial charge in [-0.3, -0.25) is 4.79 Å². The maximum atomic E-state index is 11.4.